The van der Waals surface area contributed by atoms with Gasteiger partial charge >= 0.3 is 18.1 Å². The molecule has 0 aliphatic carbocycles. The summed E-state index contributed by atoms with van der Waals surface area (Å²) in [6.07, 6.45) is 0.344. The van der Waals surface area contributed by atoms with Crippen LogP contribution in [0.4, 0.5) is 20.4 Å². The van der Waals surface area contributed by atoms with Crippen LogP contribution in [0.25, 0.3) is 10.4 Å². The van der Waals surface area contributed by atoms with Gasteiger partial charge in [0, 0.05) is 24.4 Å². The smallest absolute Gasteiger partial charge is 0.387 e. The first-order valence-electron chi connectivity index (χ1n) is 14.1. The Morgan fingerprint density at radius 2 is 1.51 bits per heavy atom. The fourth-order valence-electron chi connectivity index (χ4n) is 4.18. The Bertz CT molecular complexity index is 1640. The molecule has 0 aliphatic rings. The van der Waals surface area contributed by atoms with Gasteiger partial charge in [0.05, 0.1) is 20.9 Å². The summed E-state index contributed by atoms with van der Waals surface area (Å²) in [6, 6.07) is 13.8. The Morgan fingerprint density at radius 1 is 0.911 bits per heavy atom. The van der Waals surface area contributed by atoms with Crippen molar-refractivity contribution in [1.82, 2.24) is 10.3 Å². The van der Waals surface area contributed by atoms with Crippen molar-refractivity contribution in [1.29, 1.82) is 0 Å². The van der Waals surface area contributed by atoms with Crippen molar-refractivity contribution in [2.75, 3.05) is 16.9 Å². The Morgan fingerprint density at radius 3 is 2.00 bits per heavy atom. The number of nitrogens with one attached hydrogen (secondary N) is 3. The summed E-state index contributed by atoms with van der Waals surface area (Å²) < 4.78 is 34.9. The van der Waals surface area contributed by atoms with Gasteiger partial charge in [0.1, 0.15) is 0 Å². The highest BCUT2D eigenvalue weighted by atomic mass is 32.2. The number of hydrogen-bond donors (Lipinski definition) is 4. The van der Waals surface area contributed by atoms with Crippen molar-refractivity contribution in [3.8, 4) is 10.4 Å². The quantitative estimate of drug-likeness (QED) is 0.199. The Labute approximate surface area is 268 Å². The summed E-state index contributed by atoms with van der Waals surface area (Å²) in [6.45, 7) is 12.0. The van der Waals surface area contributed by atoms with Gasteiger partial charge in [-0.15, -0.1) is 0 Å². The summed E-state index contributed by atoms with van der Waals surface area (Å²) in [4.78, 5) is 42.1. The topological polar surface area (TPSA) is 179 Å². The number of ether oxygens (including phenoxy) is 2. The molecule has 12 nitrogen and oxygen atoms in total. The third kappa shape index (κ3) is 9.91. The van der Waals surface area contributed by atoms with Crippen LogP contribution in [0.5, 0.6) is 0 Å². The lowest BCUT2D eigenvalue weighted by atomic mass is 9.90. The van der Waals surface area contributed by atoms with E-state index in [4.69, 9.17) is 15.2 Å². The zero-order chi connectivity index (χ0) is 33.8. The van der Waals surface area contributed by atoms with E-state index in [0.29, 0.717) is 23.7 Å². The number of benzene rings is 2. The van der Waals surface area contributed by atoms with Gasteiger partial charge in [0.25, 0.3) is 0 Å². The molecular formula is C31H41N5O7S2. The molecule has 0 spiro atoms. The summed E-state index contributed by atoms with van der Waals surface area (Å²) >= 11 is 1.31. The zero-order valence-electron chi connectivity index (χ0n) is 26.7. The highest BCUT2D eigenvalue weighted by molar-refractivity contribution is 7.90. The molecule has 1 aromatic heterocycles. The normalized spacial score (nSPS) is 13.3. The minimum atomic E-state index is -3.34. The van der Waals surface area contributed by atoms with Crippen LogP contribution in [0, 0.1) is 5.41 Å². The first kappa shape index (κ1) is 35.3. The molecule has 2 aromatic carbocycles. The molecule has 1 heterocycles. The molecule has 14 heteroatoms. The maximum absolute atomic E-state index is 12.8. The van der Waals surface area contributed by atoms with E-state index in [2.05, 4.69) is 20.9 Å². The summed E-state index contributed by atoms with van der Waals surface area (Å²) in [5.41, 5.74) is 6.84. The van der Waals surface area contributed by atoms with Gasteiger partial charge in [-0.25, -0.2) is 23.0 Å². The van der Waals surface area contributed by atoms with Gasteiger partial charge in [0.15, 0.2) is 15.0 Å². The van der Waals surface area contributed by atoms with Crippen molar-refractivity contribution >= 4 is 50.1 Å². The fourth-order valence-corrected chi connectivity index (χ4v) is 5.88. The second-order valence-electron chi connectivity index (χ2n) is 12.6. The predicted molar refractivity (Wildman–Crippen MR) is 175 cm³/mol. The Balaban J connectivity index is 1.85. The minimum absolute atomic E-state index is 0.213. The first-order valence-corrected chi connectivity index (χ1v) is 16.8. The number of rotatable bonds is 10. The lowest BCUT2D eigenvalue weighted by Crippen LogP contribution is -2.59. The largest absolute Gasteiger partial charge is 0.412 e. The van der Waals surface area contributed by atoms with Gasteiger partial charge < -0.3 is 31.2 Å². The number of sulfone groups is 1. The number of alkyl carbamates (subject to hydrolysis) is 1. The highest BCUT2D eigenvalue weighted by Crippen LogP contribution is 2.37. The van der Waals surface area contributed by atoms with Crippen LogP contribution in [0.15, 0.2) is 53.4 Å². The van der Waals surface area contributed by atoms with Crippen molar-refractivity contribution < 1.29 is 32.3 Å². The van der Waals surface area contributed by atoms with Gasteiger partial charge in [0.2, 0.25) is 5.91 Å². The molecule has 3 rings (SSSR count). The number of nitrogens with zero attached hydrogens (tertiary/aromatic N) is 1. The molecule has 0 bridgehead atoms. The van der Waals surface area contributed by atoms with Crippen LogP contribution in [0.2, 0.25) is 0 Å². The maximum atomic E-state index is 12.8. The zero-order valence-corrected chi connectivity index (χ0v) is 28.4. The molecule has 5 N–H and O–H groups in total. The molecule has 0 fully saturated rings. The third-order valence-corrected chi connectivity index (χ3v) is 8.57. The van der Waals surface area contributed by atoms with E-state index in [9.17, 15) is 22.8 Å². The van der Waals surface area contributed by atoms with Crippen molar-refractivity contribution in [3.63, 3.8) is 0 Å². The van der Waals surface area contributed by atoms with Gasteiger partial charge in [-0.3, -0.25) is 4.79 Å². The lowest BCUT2D eigenvalue weighted by molar-refractivity contribution is -0.202. The molecule has 0 saturated carbocycles. The number of nitrogens with two attached hydrogens (primary N) is 1. The molecule has 3 aromatic rings. The van der Waals surface area contributed by atoms with Crippen LogP contribution < -0.4 is 21.7 Å². The number of carbonyl (C=O) groups excluding carboxylic acids is 3. The third-order valence-electron chi connectivity index (χ3n) is 6.38. The average molecular weight is 660 g/mol. The van der Waals surface area contributed by atoms with Crippen molar-refractivity contribution in [2.45, 2.75) is 77.7 Å². The second kappa shape index (κ2) is 13.4. The highest BCUT2D eigenvalue weighted by Gasteiger charge is 2.50. The minimum Gasteiger partial charge on any atom is -0.387 e. The van der Waals surface area contributed by atoms with Crippen LogP contribution in [0.1, 0.15) is 59.7 Å². The van der Waals surface area contributed by atoms with Crippen LogP contribution >= 0.6 is 11.3 Å². The number of carbonyl (C=O) groups is 3. The number of hydrogen-bond acceptors (Lipinski definition) is 10. The van der Waals surface area contributed by atoms with Crippen LogP contribution in [-0.2, 0) is 36.9 Å². The van der Waals surface area contributed by atoms with Gasteiger partial charge in [-0.1, -0.05) is 56.4 Å². The average Bonchev–Trinajstić information content (AvgIpc) is 3.27. The monoisotopic (exact) mass is 659 g/mol. The molecule has 0 saturated heterocycles. The van der Waals surface area contributed by atoms with E-state index in [-0.39, 0.29) is 10.8 Å². The summed E-state index contributed by atoms with van der Waals surface area (Å²) in [7, 11) is -3.34. The molecule has 1 atom stereocenters. The standard InChI is InChI=1S/C31H41N5O7S2/c1-19(37)33-27-34-24(25(44-27)21-12-16-23(17-13-21)45(8,40)41)18-11-20-9-14-22(15-10-20)35-31(29(2,3)4,42-26(32)38)43-28(39)36-30(5,6)7/h9-10,12-17,35H,11,18H2,1-8H3,(H2,32,38)(H,36,39)(H,33,34,37). The molecule has 3 amide bonds. The number of aromatic nitrogens is 1. The van der Waals surface area contributed by atoms with Crippen molar-refractivity contribution in [2.24, 2.45) is 11.1 Å². The number of thiazole rings is 1. The van der Waals surface area contributed by atoms with E-state index in [1.54, 1.807) is 77.9 Å². The van der Waals surface area contributed by atoms with E-state index in [1.807, 2.05) is 12.1 Å². The fraction of sp³-hybridized carbons (Fsp3) is 0.419. The Hall–Kier alpha value is -4.17. The van der Waals surface area contributed by atoms with E-state index < -0.39 is 38.9 Å². The number of anilines is 2. The molecule has 45 heavy (non-hydrogen) atoms. The molecule has 1 unspecified atom stereocenters. The predicted octanol–water partition coefficient (Wildman–Crippen LogP) is 5.69. The molecule has 244 valence electrons. The van der Waals surface area contributed by atoms with E-state index in [1.165, 1.54) is 18.3 Å². The Kier molecular flexibility index (Phi) is 10.6. The molecule has 0 aliphatic heterocycles. The number of aryl methyl sites for hydroxylation is 2. The summed E-state index contributed by atoms with van der Waals surface area (Å²) in [5.74, 6) is -2.18. The van der Waals surface area contributed by atoms with Crippen molar-refractivity contribution in [3.05, 3.63) is 59.8 Å². The maximum Gasteiger partial charge on any atom is 0.412 e. The SMILES string of the molecule is CC(=O)Nc1nc(CCc2ccc(NC(OC(N)=O)(OC(=O)NC(C)(C)C)C(C)(C)C)cc2)c(-c2ccc(S(C)(=O)=O)cc2)s1. The molecular weight excluding hydrogens is 619 g/mol. The second-order valence-corrected chi connectivity index (χ2v) is 15.7. The summed E-state index contributed by atoms with van der Waals surface area (Å²) in [5, 5.41) is 8.92. The van der Waals surface area contributed by atoms with Crippen LogP contribution in [-0.4, -0.2) is 49.2 Å². The van der Waals surface area contributed by atoms with E-state index in [0.717, 1.165) is 28.0 Å². The lowest BCUT2D eigenvalue weighted by Gasteiger charge is -2.42. The van der Waals surface area contributed by atoms with Crippen LogP contribution in [0.3, 0.4) is 0 Å². The first-order chi connectivity index (χ1) is 20.7. The van der Waals surface area contributed by atoms with Gasteiger partial charge in [-0.05, 0) is 69.0 Å². The van der Waals surface area contributed by atoms with Gasteiger partial charge in [-0.2, -0.15) is 0 Å². The van der Waals surface area contributed by atoms with E-state index >= 15 is 0 Å². The number of amides is 3. The molecule has 0 radical (unpaired) electrons. The number of primary amides is 1.